The van der Waals surface area contributed by atoms with E-state index >= 15 is 0 Å². The molecule has 0 radical (unpaired) electrons. The van der Waals surface area contributed by atoms with E-state index in [0.29, 0.717) is 37.6 Å². The van der Waals surface area contributed by atoms with Gasteiger partial charge in [-0.05, 0) is 101 Å². The summed E-state index contributed by atoms with van der Waals surface area (Å²) in [6, 6.07) is 0. The lowest BCUT2D eigenvalue weighted by Crippen LogP contribution is -2.61. The average Bonchev–Trinajstić information content (AvgIpc) is 3.80. The predicted molar refractivity (Wildman–Crippen MR) is 187 cm³/mol. The Balaban J connectivity index is 0.000000734. The molecule has 8 aliphatic heterocycles. The molecule has 0 amide bonds. The molecule has 11 unspecified atom stereocenters. The molecular weight excluding hydrogens is 638 g/mol. The number of rotatable bonds is 11. The third kappa shape index (κ3) is 7.99. The van der Waals surface area contributed by atoms with Gasteiger partial charge in [-0.15, -0.1) is 0 Å². The second-order valence-electron chi connectivity index (χ2n) is 16.9. The molecule has 9 rings (SSSR count). The topological polar surface area (TPSA) is 128 Å². The molecule has 0 aromatic heterocycles. The Kier molecular flexibility index (Phi) is 11.6. The molecule has 6 bridgehead atoms. The standard InChI is InChI=1S/C37H54O8.C3H9NO/c1-20-5-6-24(15-21(20)2)7-9-29-22(3)16-28(40-29)11-13-37-19-31-33(44-37)34-35(43-31)36(45-37)32-30(42-34)10-8-27(41-32)18-26(38)17-25-12-14-39-23(25)4;1-3(5)2-4/h21,23-25,27-36H,1,3,5-19H2,2,4H3;3,5H,2,4H2,1H3/t21?,23-,24-,25?,27?,28?,29?,30?,31?,32-,33?,34-,35?,36?,37-;/m0./s1. The average molecular weight is 702 g/mol. The summed E-state index contributed by atoms with van der Waals surface area (Å²) < 4.78 is 45.9. The van der Waals surface area contributed by atoms with Gasteiger partial charge in [0.2, 0.25) is 0 Å². The molecule has 8 heterocycles. The highest BCUT2D eigenvalue weighted by atomic mass is 16.8. The van der Waals surface area contributed by atoms with Crippen LogP contribution >= 0.6 is 0 Å². The first-order chi connectivity index (χ1) is 24.0. The maximum Gasteiger partial charge on any atom is 0.172 e. The van der Waals surface area contributed by atoms with Crippen molar-refractivity contribution in [3.05, 3.63) is 24.3 Å². The number of Topliss-reactive ketones (excluding diaryl/α,β-unsaturated/α-hetero) is 1. The maximum absolute atomic E-state index is 13.0. The second kappa shape index (κ2) is 15.6. The molecule has 50 heavy (non-hydrogen) atoms. The molecule has 0 aromatic carbocycles. The molecule has 8 saturated heterocycles. The van der Waals surface area contributed by atoms with Crippen LogP contribution in [0.1, 0.15) is 111 Å². The predicted octanol–water partition coefficient (Wildman–Crippen LogP) is 5.32. The van der Waals surface area contributed by atoms with E-state index in [1.807, 2.05) is 0 Å². The number of ether oxygens (including phenoxy) is 7. The zero-order valence-electron chi connectivity index (χ0n) is 30.7. The summed E-state index contributed by atoms with van der Waals surface area (Å²) >= 11 is 0. The van der Waals surface area contributed by atoms with Gasteiger partial charge < -0.3 is 44.0 Å². The van der Waals surface area contributed by atoms with Crippen LogP contribution < -0.4 is 5.73 Å². The molecule has 1 aliphatic carbocycles. The van der Waals surface area contributed by atoms with Crippen LogP contribution in [0.5, 0.6) is 0 Å². The Morgan fingerprint density at radius 1 is 0.880 bits per heavy atom. The number of fused-ring (bicyclic) bond motifs is 1. The summed E-state index contributed by atoms with van der Waals surface area (Å²) in [5.41, 5.74) is 7.58. The molecule has 10 nitrogen and oxygen atoms in total. The highest BCUT2D eigenvalue weighted by Crippen LogP contribution is 2.54. The van der Waals surface area contributed by atoms with Crippen molar-refractivity contribution in [1.82, 2.24) is 0 Å². The first-order valence-electron chi connectivity index (χ1n) is 19.8. The van der Waals surface area contributed by atoms with Crippen molar-refractivity contribution in [3.63, 3.8) is 0 Å². The maximum atomic E-state index is 13.0. The van der Waals surface area contributed by atoms with E-state index in [0.717, 1.165) is 57.5 Å². The quantitative estimate of drug-likeness (QED) is 0.273. The number of allylic oxidation sites excluding steroid dienone is 1. The Hall–Kier alpha value is -1.21. The van der Waals surface area contributed by atoms with E-state index in [2.05, 4.69) is 27.0 Å². The lowest BCUT2D eigenvalue weighted by atomic mass is 9.77. The zero-order valence-corrected chi connectivity index (χ0v) is 30.7. The van der Waals surface area contributed by atoms with Crippen LogP contribution in [0.15, 0.2) is 24.3 Å². The fourth-order valence-corrected chi connectivity index (χ4v) is 10.00. The Labute approximate surface area is 299 Å². The monoisotopic (exact) mass is 701 g/mol. The number of carbonyl (C=O) groups is 1. The molecule has 1 saturated carbocycles. The van der Waals surface area contributed by atoms with Crippen molar-refractivity contribution in [2.24, 2.45) is 23.5 Å². The molecule has 9 fully saturated rings. The van der Waals surface area contributed by atoms with Gasteiger partial charge in [-0.2, -0.15) is 0 Å². The zero-order chi connectivity index (χ0) is 35.2. The van der Waals surface area contributed by atoms with Crippen LogP contribution in [0.3, 0.4) is 0 Å². The highest BCUT2D eigenvalue weighted by molar-refractivity contribution is 5.79. The van der Waals surface area contributed by atoms with Gasteiger partial charge in [-0.1, -0.05) is 25.7 Å². The number of nitrogens with two attached hydrogens (primary N) is 1. The Bertz CT molecular complexity index is 1230. The van der Waals surface area contributed by atoms with Crippen molar-refractivity contribution in [1.29, 1.82) is 0 Å². The number of carbonyl (C=O) groups excluding carboxylic acids is 1. The van der Waals surface area contributed by atoms with E-state index in [-0.39, 0.29) is 79.0 Å². The summed E-state index contributed by atoms with van der Waals surface area (Å²) in [6.45, 7) is 15.8. The van der Waals surface area contributed by atoms with Crippen molar-refractivity contribution in [2.75, 3.05) is 13.2 Å². The van der Waals surface area contributed by atoms with E-state index in [1.54, 1.807) is 6.92 Å². The van der Waals surface area contributed by atoms with Gasteiger partial charge in [0.15, 0.2) is 5.79 Å². The van der Waals surface area contributed by atoms with Crippen molar-refractivity contribution >= 4 is 5.78 Å². The van der Waals surface area contributed by atoms with Gasteiger partial charge >= 0.3 is 0 Å². The number of hydrogen-bond acceptors (Lipinski definition) is 10. The number of aliphatic hydroxyl groups is 1. The van der Waals surface area contributed by atoms with Crippen molar-refractivity contribution < 1.29 is 43.1 Å². The van der Waals surface area contributed by atoms with E-state index < -0.39 is 5.79 Å². The van der Waals surface area contributed by atoms with Crippen LogP contribution in [0.25, 0.3) is 0 Å². The molecule has 282 valence electrons. The van der Waals surface area contributed by atoms with Gasteiger partial charge in [0.1, 0.15) is 36.3 Å². The summed E-state index contributed by atoms with van der Waals surface area (Å²) in [6.07, 6.45) is 11.9. The number of hydrogen-bond donors (Lipinski definition) is 2. The van der Waals surface area contributed by atoms with Gasteiger partial charge in [0.05, 0.1) is 42.7 Å². The second-order valence-corrected chi connectivity index (χ2v) is 16.9. The summed E-state index contributed by atoms with van der Waals surface area (Å²) in [4.78, 5) is 13.0. The third-order valence-electron chi connectivity index (χ3n) is 13.1. The molecule has 10 heteroatoms. The van der Waals surface area contributed by atoms with Crippen LogP contribution in [-0.2, 0) is 38.0 Å². The van der Waals surface area contributed by atoms with Gasteiger partial charge in [-0.25, -0.2) is 0 Å². The molecule has 0 spiro atoms. The fraction of sp³-hybridized carbons (Fsp3) is 0.875. The van der Waals surface area contributed by atoms with Gasteiger partial charge in [0.25, 0.3) is 0 Å². The molecule has 0 aromatic rings. The van der Waals surface area contributed by atoms with Crippen LogP contribution in [0.2, 0.25) is 0 Å². The van der Waals surface area contributed by atoms with Crippen LogP contribution in [0.4, 0.5) is 0 Å². The van der Waals surface area contributed by atoms with Crippen LogP contribution in [0, 0.1) is 17.8 Å². The first kappa shape index (κ1) is 37.1. The molecular formula is C40H63NO9. The van der Waals surface area contributed by atoms with E-state index in [9.17, 15) is 4.79 Å². The summed E-state index contributed by atoms with van der Waals surface area (Å²) in [5, 5.41) is 8.24. The van der Waals surface area contributed by atoms with Gasteiger partial charge in [-0.3, -0.25) is 4.79 Å². The lowest BCUT2D eigenvalue weighted by molar-refractivity contribution is -0.292. The smallest absolute Gasteiger partial charge is 0.172 e. The molecule has 16 atom stereocenters. The van der Waals surface area contributed by atoms with Crippen LogP contribution in [-0.4, -0.2) is 103 Å². The largest absolute Gasteiger partial charge is 0.392 e. The van der Waals surface area contributed by atoms with Gasteiger partial charge in [0, 0.05) is 38.8 Å². The minimum atomic E-state index is -0.712. The highest BCUT2D eigenvalue weighted by Gasteiger charge is 2.68. The SMILES string of the molecule is C=C1CC[C@@H](CCC2OC(CC[C@@]34CC5OC6C(O3)[C@H]3OC(CC(=O)CC7CCO[C@H]7C)CCC3O[C@H]6C5O4)CC2=C)CC1C.CC(O)CN. The minimum absolute atomic E-state index is 0.0145. The Morgan fingerprint density at radius 3 is 2.38 bits per heavy atom. The minimum Gasteiger partial charge on any atom is -0.392 e. The summed E-state index contributed by atoms with van der Waals surface area (Å²) in [5.74, 6) is 1.29. The summed E-state index contributed by atoms with van der Waals surface area (Å²) in [7, 11) is 0. The fourth-order valence-electron chi connectivity index (χ4n) is 10.00. The van der Waals surface area contributed by atoms with Crippen molar-refractivity contribution in [2.45, 2.75) is 190 Å². The normalized spacial score (nSPS) is 46.7. The Morgan fingerprint density at radius 2 is 1.64 bits per heavy atom. The van der Waals surface area contributed by atoms with Crippen molar-refractivity contribution in [3.8, 4) is 0 Å². The third-order valence-corrected chi connectivity index (χ3v) is 13.1. The lowest BCUT2D eigenvalue weighted by Gasteiger charge is -2.47. The van der Waals surface area contributed by atoms with E-state index in [4.69, 9.17) is 44.0 Å². The molecule has 3 N–H and O–H groups in total. The number of ketones is 1. The molecule has 9 aliphatic rings. The first-order valence-corrected chi connectivity index (χ1v) is 19.8. The van der Waals surface area contributed by atoms with E-state index in [1.165, 1.54) is 36.8 Å². The number of aliphatic hydroxyl groups excluding tert-OH is 1.